The third-order valence-electron chi connectivity index (χ3n) is 4.48. The summed E-state index contributed by atoms with van der Waals surface area (Å²) in [5, 5.41) is 0.601. The van der Waals surface area contributed by atoms with Crippen LogP contribution >= 0.6 is 34.8 Å². The third-order valence-corrected chi connectivity index (χ3v) is 5.48. The molecule has 29 heavy (non-hydrogen) atoms. The molecule has 0 spiro atoms. The van der Waals surface area contributed by atoms with Crippen molar-refractivity contribution in [2.24, 2.45) is 0 Å². The first-order chi connectivity index (χ1) is 13.9. The van der Waals surface area contributed by atoms with Crippen molar-refractivity contribution in [3.05, 3.63) is 27.2 Å². The van der Waals surface area contributed by atoms with Crippen LogP contribution in [0.3, 0.4) is 0 Å². The van der Waals surface area contributed by atoms with Gasteiger partial charge >= 0.3 is 11.9 Å². The van der Waals surface area contributed by atoms with E-state index in [1.54, 1.807) is 0 Å². The minimum absolute atomic E-state index is 0.0392. The summed E-state index contributed by atoms with van der Waals surface area (Å²) in [5.74, 6) is -0.929. The monoisotopic (exact) mass is 464 g/mol. The second-order valence-corrected chi connectivity index (χ2v) is 8.30. The number of rotatable bonds is 15. The van der Waals surface area contributed by atoms with Crippen LogP contribution in [0.4, 0.5) is 0 Å². The van der Waals surface area contributed by atoms with E-state index in [-0.39, 0.29) is 28.6 Å². The Labute approximate surface area is 189 Å². The molecule has 0 aliphatic rings. The Morgan fingerprint density at radius 3 is 1.97 bits per heavy atom. The SMILES string of the molecule is CCCCCCCCCCCCOC(=O)CCC(=O)Oc1cc(Cl)cc(Cl)c1Cl. The minimum Gasteiger partial charge on any atom is -0.466 e. The lowest BCUT2D eigenvalue weighted by molar-refractivity contribution is -0.147. The van der Waals surface area contributed by atoms with Crippen LogP contribution in [0.15, 0.2) is 12.1 Å². The lowest BCUT2D eigenvalue weighted by atomic mass is 10.1. The highest BCUT2D eigenvalue weighted by Gasteiger charge is 2.14. The Hall–Kier alpha value is -0.970. The second-order valence-electron chi connectivity index (χ2n) is 7.08. The van der Waals surface area contributed by atoms with E-state index in [1.165, 1.54) is 63.5 Å². The Kier molecular flexibility index (Phi) is 14.2. The summed E-state index contributed by atoms with van der Waals surface area (Å²) in [5.41, 5.74) is 0. The van der Waals surface area contributed by atoms with Crippen LogP contribution in [-0.4, -0.2) is 18.5 Å². The first-order valence-corrected chi connectivity index (χ1v) is 11.6. The molecule has 0 N–H and O–H groups in total. The first kappa shape index (κ1) is 26.1. The molecule has 4 nitrogen and oxygen atoms in total. The normalized spacial score (nSPS) is 10.8. The van der Waals surface area contributed by atoms with Crippen molar-refractivity contribution in [2.45, 2.75) is 84.0 Å². The van der Waals surface area contributed by atoms with Crippen LogP contribution in [-0.2, 0) is 14.3 Å². The highest BCUT2D eigenvalue weighted by molar-refractivity contribution is 6.44. The number of esters is 2. The predicted molar refractivity (Wildman–Crippen MR) is 119 cm³/mol. The number of benzene rings is 1. The summed E-state index contributed by atoms with van der Waals surface area (Å²) in [6.45, 7) is 2.62. The lowest BCUT2D eigenvalue weighted by Crippen LogP contribution is -2.13. The van der Waals surface area contributed by atoms with E-state index in [4.69, 9.17) is 44.3 Å². The fourth-order valence-electron chi connectivity index (χ4n) is 2.83. The van der Waals surface area contributed by atoms with Gasteiger partial charge in [0, 0.05) is 11.1 Å². The highest BCUT2D eigenvalue weighted by Crippen LogP contribution is 2.35. The summed E-state index contributed by atoms with van der Waals surface area (Å²) in [7, 11) is 0. The van der Waals surface area contributed by atoms with Crippen LogP contribution in [0, 0.1) is 0 Å². The molecule has 0 atom stereocenters. The zero-order chi connectivity index (χ0) is 21.5. The number of carbonyl (C=O) groups excluding carboxylic acids is 2. The molecule has 1 rings (SSSR count). The average Bonchev–Trinajstić information content (AvgIpc) is 2.68. The number of unbranched alkanes of at least 4 members (excludes halogenated alkanes) is 9. The Balaban J connectivity index is 2.06. The molecule has 0 saturated heterocycles. The van der Waals surface area contributed by atoms with E-state index in [2.05, 4.69) is 6.92 Å². The van der Waals surface area contributed by atoms with Gasteiger partial charge in [0.25, 0.3) is 0 Å². The summed E-state index contributed by atoms with van der Waals surface area (Å²) in [4.78, 5) is 23.6. The van der Waals surface area contributed by atoms with E-state index in [1.807, 2.05) is 0 Å². The molecule has 0 bridgehead atoms. The molecule has 164 valence electrons. The molecule has 0 amide bonds. The number of hydrogen-bond acceptors (Lipinski definition) is 4. The highest BCUT2D eigenvalue weighted by atomic mass is 35.5. The van der Waals surface area contributed by atoms with Crippen molar-refractivity contribution in [3.8, 4) is 5.75 Å². The van der Waals surface area contributed by atoms with Gasteiger partial charge in [-0.3, -0.25) is 9.59 Å². The van der Waals surface area contributed by atoms with Gasteiger partial charge < -0.3 is 9.47 Å². The van der Waals surface area contributed by atoms with Gasteiger partial charge in [-0.15, -0.1) is 0 Å². The molecule has 0 aliphatic carbocycles. The number of hydrogen-bond donors (Lipinski definition) is 0. The first-order valence-electron chi connectivity index (χ1n) is 10.4. The molecule has 1 aromatic rings. The largest absolute Gasteiger partial charge is 0.466 e. The van der Waals surface area contributed by atoms with Crippen LogP contribution in [0.5, 0.6) is 5.75 Å². The smallest absolute Gasteiger partial charge is 0.311 e. The molecule has 0 heterocycles. The van der Waals surface area contributed by atoms with Gasteiger partial charge in [-0.1, -0.05) is 99.5 Å². The van der Waals surface area contributed by atoms with Gasteiger partial charge in [0.1, 0.15) is 5.02 Å². The van der Waals surface area contributed by atoms with Gasteiger partial charge in [-0.2, -0.15) is 0 Å². The maximum Gasteiger partial charge on any atom is 0.311 e. The molecule has 0 fully saturated rings. The molecule has 0 unspecified atom stereocenters. The topological polar surface area (TPSA) is 52.6 Å². The number of halogens is 3. The molecule has 0 saturated carbocycles. The van der Waals surface area contributed by atoms with Crippen LogP contribution in [0.2, 0.25) is 15.1 Å². The zero-order valence-corrected chi connectivity index (χ0v) is 19.4. The molecular weight excluding hydrogens is 435 g/mol. The van der Waals surface area contributed by atoms with Gasteiger partial charge in [-0.05, 0) is 12.5 Å². The van der Waals surface area contributed by atoms with Crippen LogP contribution in [0.25, 0.3) is 0 Å². The molecule has 7 heteroatoms. The van der Waals surface area contributed by atoms with Crippen molar-refractivity contribution in [1.82, 2.24) is 0 Å². The van der Waals surface area contributed by atoms with E-state index in [0.29, 0.717) is 11.6 Å². The summed E-state index contributed by atoms with van der Waals surface area (Å²) in [6, 6.07) is 2.85. The van der Waals surface area contributed by atoms with E-state index < -0.39 is 11.9 Å². The van der Waals surface area contributed by atoms with Crippen molar-refractivity contribution in [2.75, 3.05) is 6.61 Å². The Morgan fingerprint density at radius 1 is 0.793 bits per heavy atom. The van der Waals surface area contributed by atoms with Crippen molar-refractivity contribution in [1.29, 1.82) is 0 Å². The standard InChI is InChI=1S/C22H31Cl3O4/c1-2-3-4-5-6-7-8-9-10-11-14-28-20(26)12-13-21(27)29-19-16-17(23)15-18(24)22(19)25/h15-16H,2-14H2,1H3. The molecule has 0 radical (unpaired) electrons. The fourth-order valence-corrected chi connectivity index (χ4v) is 3.45. The van der Waals surface area contributed by atoms with Crippen molar-refractivity contribution in [3.63, 3.8) is 0 Å². The molecular formula is C22H31Cl3O4. The van der Waals surface area contributed by atoms with Crippen LogP contribution < -0.4 is 4.74 Å². The fraction of sp³-hybridized carbons (Fsp3) is 0.636. The second kappa shape index (κ2) is 15.8. The Morgan fingerprint density at radius 2 is 1.34 bits per heavy atom. The molecule has 1 aromatic carbocycles. The third kappa shape index (κ3) is 12.3. The van der Waals surface area contributed by atoms with Crippen molar-refractivity contribution >= 4 is 46.7 Å². The summed E-state index contributed by atoms with van der Waals surface area (Å²) >= 11 is 17.7. The van der Waals surface area contributed by atoms with Crippen LogP contribution in [0.1, 0.15) is 84.0 Å². The van der Waals surface area contributed by atoms with E-state index in [0.717, 1.165) is 12.8 Å². The van der Waals surface area contributed by atoms with Gasteiger partial charge in [0.2, 0.25) is 0 Å². The lowest BCUT2D eigenvalue weighted by Gasteiger charge is -2.08. The zero-order valence-electron chi connectivity index (χ0n) is 17.1. The van der Waals surface area contributed by atoms with E-state index in [9.17, 15) is 9.59 Å². The Bertz CT molecular complexity index is 635. The van der Waals surface area contributed by atoms with Gasteiger partial charge in [-0.25, -0.2) is 0 Å². The molecule has 0 aliphatic heterocycles. The minimum atomic E-state index is -0.596. The number of ether oxygens (including phenoxy) is 2. The van der Waals surface area contributed by atoms with Crippen molar-refractivity contribution < 1.29 is 19.1 Å². The quantitative estimate of drug-likeness (QED) is 0.115. The van der Waals surface area contributed by atoms with Gasteiger partial charge in [0.05, 0.1) is 24.5 Å². The van der Waals surface area contributed by atoms with E-state index >= 15 is 0 Å². The average molecular weight is 466 g/mol. The summed E-state index contributed by atoms with van der Waals surface area (Å²) < 4.78 is 10.3. The number of carbonyl (C=O) groups is 2. The maximum absolute atomic E-state index is 11.9. The molecule has 0 aromatic heterocycles. The summed E-state index contributed by atoms with van der Waals surface area (Å²) in [6.07, 6.45) is 12.1. The van der Waals surface area contributed by atoms with Gasteiger partial charge in [0.15, 0.2) is 5.75 Å². The maximum atomic E-state index is 11.9. The predicted octanol–water partition coefficient (Wildman–Crippen LogP) is 7.80.